The van der Waals surface area contributed by atoms with Crippen molar-refractivity contribution in [2.24, 2.45) is 0 Å². The Bertz CT molecular complexity index is 525. The molecule has 3 rings (SSSR count). The SMILES string of the molecule is COc1cccc(CC(=O)N2C[C@H](O)[C@]3(CCCO3)C2)c1. The number of carbonyl (C=O) groups is 1. The second-order valence-corrected chi connectivity index (χ2v) is 5.84. The second kappa shape index (κ2) is 5.66. The molecule has 2 saturated heterocycles. The van der Waals surface area contributed by atoms with Crippen LogP contribution in [0.3, 0.4) is 0 Å². The van der Waals surface area contributed by atoms with E-state index in [1.54, 1.807) is 12.0 Å². The van der Waals surface area contributed by atoms with Gasteiger partial charge >= 0.3 is 0 Å². The molecule has 2 atom stereocenters. The Morgan fingerprint density at radius 1 is 1.57 bits per heavy atom. The lowest BCUT2D eigenvalue weighted by Crippen LogP contribution is -2.41. The van der Waals surface area contributed by atoms with E-state index in [0.29, 0.717) is 26.1 Å². The molecule has 2 fully saturated rings. The summed E-state index contributed by atoms with van der Waals surface area (Å²) in [4.78, 5) is 14.1. The van der Waals surface area contributed by atoms with Gasteiger partial charge in [-0.1, -0.05) is 12.1 Å². The predicted molar refractivity (Wildman–Crippen MR) is 77.2 cm³/mol. The first-order valence-electron chi connectivity index (χ1n) is 7.36. The lowest BCUT2D eigenvalue weighted by atomic mass is 9.97. The third-order valence-electron chi connectivity index (χ3n) is 4.44. The molecule has 2 heterocycles. The Morgan fingerprint density at radius 2 is 2.43 bits per heavy atom. The topological polar surface area (TPSA) is 59.0 Å². The monoisotopic (exact) mass is 291 g/mol. The number of hydrogen-bond acceptors (Lipinski definition) is 4. The fraction of sp³-hybridized carbons (Fsp3) is 0.562. The van der Waals surface area contributed by atoms with Gasteiger partial charge in [0.2, 0.25) is 5.91 Å². The van der Waals surface area contributed by atoms with Gasteiger partial charge in [-0.15, -0.1) is 0 Å². The molecule has 2 aliphatic heterocycles. The molecule has 2 aliphatic rings. The summed E-state index contributed by atoms with van der Waals surface area (Å²) in [6.07, 6.45) is 1.53. The number of methoxy groups -OCH3 is 1. The van der Waals surface area contributed by atoms with Crippen LogP contribution in [0.2, 0.25) is 0 Å². The Morgan fingerprint density at radius 3 is 3.14 bits per heavy atom. The van der Waals surface area contributed by atoms with E-state index in [4.69, 9.17) is 9.47 Å². The zero-order valence-corrected chi connectivity index (χ0v) is 12.2. The number of aliphatic hydroxyl groups excluding tert-OH is 1. The van der Waals surface area contributed by atoms with Crippen LogP contribution in [-0.4, -0.2) is 54.4 Å². The van der Waals surface area contributed by atoms with Crippen LogP contribution in [0.5, 0.6) is 5.75 Å². The molecule has 0 aliphatic carbocycles. The maximum atomic E-state index is 12.4. The Hall–Kier alpha value is -1.59. The van der Waals surface area contributed by atoms with Crippen molar-refractivity contribution < 1.29 is 19.4 Å². The Kier molecular flexibility index (Phi) is 3.87. The number of carbonyl (C=O) groups excluding carboxylic acids is 1. The first-order valence-corrected chi connectivity index (χ1v) is 7.36. The van der Waals surface area contributed by atoms with Crippen molar-refractivity contribution in [1.29, 1.82) is 0 Å². The Balaban J connectivity index is 1.66. The summed E-state index contributed by atoms with van der Waals surface area (Å²) in [7, 11) is 1.61. The molecule has 21 heavy (non-hydrogen) atoms. The van der Waals surface area contributed by atoms with Crippen LogP contribution in [0.15, 0.2) is 24.3 Å². The average molecular weight is 291 g/mol. The minimum atomic E-state index is -0.575. The zero-order valence-electron chi connectivity index (χ0n) is 12.2. The van der Waals surface area contributed by atoms with Crippen LogP contribution < -0.4 is 4.74 Å². The van der Waals surface area contributed by atoms with Crippen molar-refractivity contribution >= 4 is 5.91 Å². The van der Waals surface area contributed by atoms with Gasteiger partial charge in [-0.25, -0.2) is 0 Å². The van der Waals surface area contributed by atoms with Gasteiger partial charge in [-0.2, -0.15) is 0 Å². The molecule has 0 unspecified atom stereocenters. The average Bonchev–Trinajstić information content (AvgIpc) is 3.08. The first-order chi connectivity index (χ1) is 10.1. The molecule has 0 radical (unpaired) electrons. The van der Waals surface area contributed by atoms with E-state index in [1.165, 1.54) is 0 Å². The largest absolute Gasteiger partial charge is 0.497 e. The summed E-state index contributed by atoms with van der Waals surface area (Å²) in [5, 5.41) is 10.2. The van der Waals surface area contributed by atoms with Crippen molar-refractivity contribution in [3.8, 4) is 5.75 Å². The van der Waals surface area contributed by atoms with Gasteiger partial charge in [0, 0.05) is 13.2 Å². The second-order valence-electron chi connectivity index (χ2n) is 5.84. The summed E-state index contributed by atoms with van der Waals surface area (Å²) in [6.45, 7) is 1.54. The van der Waals surface area contributed by atoms with Gasteiger partial charge in [0.1, 0.15) is 17.5 Å². The number of aliphatic hydroxyl groups is 1. The normalized spacial score (nSPS) is 28.3. The highest BCUT2D eigenvalue weighted by Crippen LogP contribution is 2.35. The van der Waals surface area contributed by atoms with E-state index < -0.39 is 11.7 Å². The quantitative estimate of drug-likeness (QED) is 0.902. The number of benzene rings is 1. The highest BCUT2D eigenvalue weighted by atomic mass is 16.5. The van der Waals surface area contributed by atoms with E-state index in [-0.39, 0.29) is 5.91 Å². The minimum absolute atomic E-state index is 0.0229. The lowest BCUT2D eigenvalue weighted by Gasteiger charge is -2.25. The van der Waals surface area contributed by atoms with Crippen molar-refractivity contribution in [2.45, 2.75) is 31.0 Å². The fourth-order valence-electron chi connectivity index (χ4n) is 3.23. The summed E-state index contributed by atoms with van der Waals surface area (Å²) >= 11 is 0. The standard InChI is InChI=1S/C16H21NO4/c1-20-13-5-2-4-12(8-13)9-15(19)17-10-14(18)16(11-17)6-3-7-21-16/h2,4-5,8,14,18H,3,6-7,9-11H2,1H3/t14-,16-/m0/s1. The molecule has 114 valence electrons. The van der Waals surface area contributed by atoms with E-state index >= 15 is 0 Å². The van der Waals surface area contributed by atoms with Crippen LogP contribution in [0.1, 0.15) is 18.4 Å². The van der Waals surface area contributed by atoms with Crippen molar-refractivity contribution in [2.75, 3.05) is 26.8 Å². The third-order valence-corrected chi connectivity index (χ3v) is 4.44. The number of β-amino-alcohol motifs (C(OH)–C–C–N with tert-alkyl or cyclic N) is 1. The van der Waals surface area contributed by atoms with Gasteiger partial charge in [0.05, 0.1) is 20.1 Å². The van der Waals surface area contributed by atoms with Gasteiger partial charge in [-0.05, 0) is 30.5 Å². The van der Waals surface area contributed by atoms with Crippen molar-refractivity contribution in [1.82, 2.24) is 4.90 Å². The molecule has 1 N–H and O–H groups in total. The molecule has 1 spiro atoms. The number of rotatable bonds is 3. The molecular weight excluding hydrogens is 270 g/mol. The van der Waals surface area contributed by atoms with Gasteiger partial charge in [0.25, 0.3) is 0 Å². The van der Waals surface area contributed by atoms with Gasteiger partial charge in [0.15, 0.2) is 0 Å². The summed E-state index contributed by atoms with van der Waals surface area (Å²) in [5.41, 5.74) is 0.395. The van der Waals surface area contributed by atoms with E-state index in [2.05, 4.69) is 0 Å². The zero-order chi connectivity index (χ0) is 14.9. The molecule has 0 aromatic heterocycles. The molecule has 1 aromatic rings. The van der Waals surface area contributed by atoms with Crippen LogP contribution >= 0.6 is 0 Å². The van der Waals surface area contributed by atoms with E-state index in [1.807, 2.05) is 24.3 Å². The summed E-state index contributed by atoms with van der Waals surface area (Å²) < 4.78 is 10.9. The molecule has 5 heteroatoms. The van der Waals surface area contributed by atoms with E-state index in [9.17, 15) is 9.90 Å². The van der Waals surface area contributed by atoms with Crippen LogP contribution in [0.4, 0.5) is 0 Å². The molecule has 0 saturated carbocycles. The van der Waals surface area contributed by atoms with Crippen molar-refractivity contribution in [3.63, 3.8) is 0 Å². The van der Waals surface area contributed by atoms with Crippen LogP contribution in [-0.2, 0) is 16.0 Å². The lowest BCUT2D eigenvalue weighted by molar-refractivity contribution is -0.130. The fourth-order valence-corrected chi connectivity index (χ4v) is 3.23. The smallest absolute Gasteiger partial charge is 0.227 e. The predicted octanol–water partition coefficient (Wildman–Crippen LogP) is 0.990. The number of hydrogen-bond donors (Lipinski definition) is 1. The first kappa shape index (κ1) is 14.4. The van der Waals surface area contributed by atoms with Crippen molar-refractivity contribution in [3.05, 3.63) is 29.8 Å². The molecule has 1 amide bonds. The van der Waals surface area contributed by atoms with Crippen LogP contribution in [0, 0.1) is 0 Å². The van der Waals surface area contributed by atoms with Gasteiger partial charge in [-0.3, -0.25) is 4.79 Å². The maximum Gasteiger partial charge on any atom is 0.227 e. The molecular formula is C16H21NO4. The molecule has 5 nitrogen and oxygen atoms in total. The maximum absolute atomic E-state index is 12.4. The highest BCUT2D eigenvalue weighted by molar-refractivity contribution is 5.79. The van der Waals surface area contributed by atoms with Crippen LogP contribution in [0.25, 0.3) is 0 Å². The van der Waals surface area contributed by atoms with E-state index in [0.717, 1.165) is 24.2 Å². The summed E-state index contributed by atoms with van der Waals surface area (Å²) in [6, 6.07) is 7.51. The number of ether oxygens (including phenoxy) is 2. The van der Waals surface area contributed by atoms with Gasteiger partial charge < -0.3 is 19.5 Å². The number of likely N-dealkylation sites (tertiary alicyclic amines) is 1. The molecule has 1 aromatic carbocycles. The number of amides is 1. The third kappa shape index (κ3) is 2.76. The summed E-state index contributed by atoms with van der Waals surface area (Å²) in [5.74, 6) is 0.770. The molecule has 0 bridgehead atoms. The Labute approximate surface area is 124 Å². The minimum Gasteiger partial charge on any atom is -0.497 e. The number of nitrogens with zero attached hydrogens (tertiary/aromatic N) is 1. The highest BCUT2D eigenvalue weighted by Gasteiger charge is 2.50.